The van der Waals surface area contributed by atoms with Crippen molar-refractivity contribution in [2.24, 2.45) is 7.05 Å². The average molecular weight is 139 g/mol. The summed E-state index contributed by atoms with van der Waals surface area (Å²) in [6.07, 6.45) is 1.69. The van der Waals surface area contributed by atoms with E-state index in [9.17, 15) is 0 Å². The Labute approximate surface area is 60.8 Å². The van der Waals surface area contributed by atoms with Crippen LogP contribution in [0.15, 0.2) is 6.20 Å². The lowest BCUT2D eigenvalue weighted by Crippen LogP contribution is -2.02. The van der Waals surface area contributed by atoms with E-state index in [1.807, 2.05) is 11.7 Å². The fourth-order valence-electron chi connectivity index (χ4n) is 1.17. The summed E-state index contributed by atoms with van der Waals surface area (Å²) < 4.78 is 1.82. The number of nitrogen functional groups attached to an aromatic ring is 1. The Morgan fingerprint density at radius 2 is 2.20 bits per heavy atom. The Hall–Kier alpha value is -0.990. The van der Waals surface area contributed by atoms with E-state index in [1.165, 1.54) is 0 Å². The van der Waals surface area contributed by atoms with Gasteiger partial charge in [-0.2, -0.15) is 5.10 Å². The Morgan fingerprint density at radius 3 is 2.40 bits per heavy atom. The normalized spacial score (nSPS) is 10.8. The molecule has 0 amide bonds. The maximum absolute atomic E-state index is 5.66. The molecule has 0 fully saturated rings. The summed E-state index contributed by atoms with van der Waals surface area (Å²) in [4.78, 5) is 0. The van der Waals surface area contributed by atoms with Crippen LogP contribution in [0.4, 0.5) is 5.69 Å². The maximum Gasteiger partial charge on any atom is 0.0735 e. The molecule has 56 valence electrons. The van der Waals surface area contributed by atoms with Crippen molar-refractivity contribution < 1.29 is 0 Å². The van der Waals surface area contributed by atoms with Crippen LogP contribution in [-0.2, 0) is 7.05 Å². The molecule has 0 unspecified atom stereocenters. The van der Waals surface area contributed by atoms with Crippen molar-refractivity contribution in [1.29, 1.82) is 0 Å². The predicted octanol–water partition coefficient (Wildman–Crippen LogP) is 1.13. The Bertz CT molecular complexity index is 205. The van der Waals surface area contributed by atoms with Gasteiger partial charge in [-0.05, 0) is 5.92 Å². The molecule has 0 aliphatic carbocycles. The van der Waals surface area contributed by atoms with Gasteiger partial charge in [0.05, 0.1) is 17.6 Å². The summed E-state index contributed by atoms with van der Waals surface area (Å²) in [6, 6.07) is 0. The summed E-state index contributed by atoms with van der Waals surface area (Å²) >= 11 is 0. The van der Waals surface area contributed by atoms with E-state index in [0.29, 0.717) is 5.92 Å². The molecule has 0 radical (unpaired) electrons. The molecule has 0 aliphatic rings. The minimum atomic E-state index is 0.451. The van der Waals surface area contributed by atoms with Crippen molar-refractivity contribution in [2.45, 2.75) is 19.8 Å². The first-order valence-corrected chi connectivity index (χ1v) is 3.40. The number of nitrogens with two attached hydrogens (primary N) is 1. The highest BCUT2D eigenvalue weighted by Crippen LogP contribution is 2.19. The largest absolute Gasteiger partial charge is 0.396 e. The standard InChI is InChI=1S/C7H13N3/c1-5(2)7-6(8)4-9-10(7)3/h4-5H,8H2,1-3H3. The highest BCUT2D eigenvalue weighted by atomic mass is 15.3. The van der Waals surface area contributed by atoms with Crippen LogP contribution in [0.5, 0.6) is 0 Å². The van der Waals surface area contributed by atoms with Gasteiger partial charge in [-0.1, -0.05) is 13.8 Å². The summed E-state index contributed by atoms with van der Waals surface area (Å²) in [5.74, 6) is 0.451. The highest BCUT2D eigenvalue weighted by Gasteiger charge is 2.07. The Morgan fingerprint density at radius 1 is 1.60 bits per heavy atom. The molecule has 1 rings (SSSR count). The van der Waals surface area contributed by atoms with Crippen molar-refractivity contribution in [3.8, 4) is 0 Å². The molecule has 0 bridgehead atoms. The SMILES string of the molecule is CC(C)c1c(N)cnn1C. The highest BCUT2D eigenvalue weighted by molar-refractivity contribution is 5.42. The number of aromatic nitrogens is 2. The average Bonchev–Trinajstić information content (AvgIpc) is 2.11. The van der Waals surface area contributed by atoms with Gasteiger partial charge in [0.1, 0.15) is 0 Å². The number of hydrogen-bond donors (Lipinski definition) is 1. The molecule has 3 heteroatoms. The topological polar surface area (TPSA) is 43.8 Å². The van der Waals surface area contributed by atoms with Gasteiger partial charge in [-0.3, -0.25) is 4.68 Å². The quantitative estimate of drug-likeness (QED) is 0.633. The van der Waals surface area contributed by atoms with E-state index in [1.54, 1.807) is 6.20 Å². The smallest absolute Gasteiger partial charge is 0.0735 e. The first-order valence-electron chi connectivity index (χ1n) is 3.40. The zero-order chi connectivity index (χ0) is 7.72. The van der Waals surface area contributed by atoms with E-state index in [-0.39, 0.29) is 0 Å². The molecular formula is C7H13N3. The van der Waals surface area contributed by atoms with Gasteiger partial charge in [0.25, 0.3) is 0 Å². The van der Waals surface area contributed by atoms with Crippen LogP contribution >= 0.6 is 0 Å². The van der Waals surface area contributed by atoms with E-state index >= 15 is 0 Å². The number of nitrogens with zero attached hydrogens (tertiary/aromatic N) is 2. The molecule has 2 N–H and O–H groups in total. The monoisotopic (exact) mass is 139 g/mol. The molecule has 0 aliphatic heterocycles. The molecule has 1 heterocycles. The second-order valence-electron chi connectivity index (χ2n) is 2.76. The summed E-state index contributed by atoms with van der Waals surface area (Å²) in [6.45, 7) is 4.21. The van der Waals surface area contributed by atoms with Crippen LogP contribution < -0.4 is 5.73 Å². The van der Waals surface area contributed by atoms with E-state index < -0.39 is 0 Å². The number of aryl methyl sites for hydroxylation is 1. The molecule has 0 saturated carbocycles. The van der Waals surface area contributed by atoms with Crippen molar-refractivity contribution >= 4 is 5.69 Å². The molecule has 1 aromatic rings. The minimum Gasteiger partial charge on any atom is -0.396 e. The molecule has 0 aromatic carbocycles. The fourth-order valence-corrected chi connectivity index (χ4v) is 1.17. The molecule has 0 spiro atoms. The first kappa shape index (κ1) is 7.12. The molecule has 10 heavy (non-hydrogen) atoms. The summed E-state index contributed by atoms with van der Waals surface area (Å²) in [5, 5.41) is 4.03. The molecule has 1 aromatic heterocycles. The van der Waals surface area contributed by atoms with Crippen LogP contribution in [-0.4, -0.2) is 9.78 Å². The zero-order valence-corrected chi connectivity index (χ0v) is 6.63. The van der Waals surface area contributed by atoms with Crippen molar-refractivity contribution in [3.63, 3.8) is 0 Å². The third-order valence-electron chi connectivity index (χ3n) is 1.56. The third-order valence-corrected chi connectivity index (χ3v) is 1.56. The van der Waals surface area contributed by atoms with Crippen LogP contribution in [0.1, 0.15) is 25.5 Å². The van der Waals surface area contributed by atoms with Crippen molar-refractivity contribution in [3.05, 3.63) is 11.9 Å². The van der Waals surface area contributed by atoms with E-state index in [2.05, 4.69) is 18.9 Å². The van der Waals surface area contributed by atoms with Gasteiger partial charge in [0, 0.05) is 7.05 Å². The van der Waals surface area contributed by atoms with E-state index in [0.717, 1.165) is 11.4 Å². The Balaban J connectivity index is 3.10. The lowest BCUT2D eigenvalue weighted by molar-refractivity contribution is 0.671. The van der Waals surface area contributed by atoms with Crippen LogP contribution in [0, 0.1) is 0 Å². The van der Waals surface area contributed by atoms with Gasteiger partial charge in [0.15, 0.2) is 0 Å². The van der Waals surface area contributed by atoms with Crippen LogP contribution in [0.2, 0.25) is 0 Å². The molecule has 0 atom stereocenters. The lowest BCUT2D eigenvalue weighted by Gasteiger charge is -2.05. The summed E-state index contributed by atoms with van der Waals surface area (Å²) in [7, 11) is 1.91. The second-order valence-corrected chi connectivity index (χ2v) is 2.76. The third kappa shape index (κ3) is 0.988. The van der Waals surface area contributed by atoms with Crippen LogP contribution in [0.25, 0.3) is 0 Å². The van der Waals surface area contributed by atoms with Crippen molar-refractivity contribution in [1.82, 2.24) is 9.78 Å². The Kier molecular flexibility index (Phi) is 1.66. The number of rotatable bonds is 1. The number of anilines is 1. The minimum absolute atomic E-state index is 0.451. The van der Waals surface area contributed by atoms with Crippen molar-refractivity contribution in [2.75, 3.05) is 5.73 Å². The number of hydrogen-bond acceptors (Lipinski definition) is 2. The molecule has 0 saturated heterocycles. The first-order chi connectivity index (χ1) is 4.63. The zero-order valence-electron chi connectivity index (χ0n) is 6.63. The lowest BCUT2D eigenvalue weighted by atomic mass is 10.1. The maximum atomic E-state index is 5.66. The van der Waals surface area contributed by atoms with E-state index in [4.69, 9.17) is 5.73 Å². The van der Waals surface area contributed by atoms with Gasteiger partial charge < -0.3 is 5.73 Å². The van der Waals surface area contributed by atoms with Gasteiger partial charge in [-0.15, -0.1) is 0 Å². The van der Waals surface area contributed by atoms with Gasteiger partial charge in [0.2, 0.25) is 0 Å². The van der Waals surface area contributed by atoms with Gasteiger partial charge in [-0.25, -0.2) is 0 Å². The fraction of sp³-hybridized carbons (Fsp3) is 0.571. The molecule has 3 nitrogen and oxygen atoms in total. The van der Waals surface area contributed by atoms with Gasteiger partial charge >= 0.3 is 0 Å². The molecular weight excluding hydrogens is 126 g/mol. The van der Waals surface area contributed by atoms with Crippen LogP contribution in [0.3, 0.4) is 0 Å². The predicted molar refractivity (Wildman–Crippen MR) is 41.7 cm³/mol. The second kappa shape index (κ2) is 2.33. The summed E-state index contributed by atoms with van der Waals surface area (Å²) in [5.41, 5.74) is 7.56.